The van der Waals surface area contributed by atoms with Crippen LogP contribution in [0, 0.1) is 0 Å². The van der Waals surface area contributed by atoms with Gasteiger partial charge >= 0.3 is 11.8 Å². The van der Waals surface area contributed by atoms with Crippen molar-refractivity contribution in [3.8, 4) is 5.75 Å². The molecule has 1 heterocycles. The average molecular weight is 493 g/mol. The molecule has 9 nitrogen and oxygen atoms in total. The van der Waals surface area contributed by atoms with Crippen molar-refractivity contribution in [3.05, 3.63) is 58.1 Å². The second kappa shape index (κ2) is 12.2. The van der Waals surface area contributed by atoms with Crippen LogP contribution in [-0.4, -0.2) is 49.8 Å². The molecule has 0 spiro atoms. The Morgan fingerprint density at radius 2 is 1.97 bits per heavy atom. The summed E-state index contributed by atoms with van der Waals surface area (Å²) in [6.45, 7) is 0.646. The van der Waals surface area contributed by atoms with Crippen LogP contribution in [0.15, 0.2) is 47.6 Å². The van der Waals surface area contributed by atoms with Crippen molar-refractivity contribution in [3.63, 3.8) is 0 Å². The first-order valence-electron chi connectivity index (χ1n) is 10.1. The third kappa shape index (κ3) is 7.74. The molecule has 0 bridgehead atoms. The Hall–Kier alpha value is -3.14. The van der Waals surface area contributed by atoms with Crippen LogP contribution in [-0.2, 0) is 19.1 Å². The number of carbonyl (C=O) groups is 3. The van der Waals surface area contributed by atoms with Crippen LogP contribution >= 0.6 is 23.2 Å². The van der Waals surface area contributed by atoms with Crippen molar-refractivity contribution in [2.45, 2.75) is 18.9 Å². The van der Waals surface area contributed by atoms with Gasteiger partial charge in [0.2, 0.25) is 0 Å². The van der Waals surface area contributed by atoms with Gasteiger partial charge < -0.3 is 20.1 Å². The molecule has 1 saturated heterocycles. The molecule has 1 aliphatic heterocycles. The number of carbonyl (C=O) groups excluding carboxylic acids is 3. The molecule has 1 fully saturated rings. The third-order valence-electron chi connectivity index (χ3n) is 4.57. The summed E-state index contributed by atoms with van der Waals surface area (Å²) in [5.74, 6) is -1.77. The number of ether oxygens (including phenoxy) is 2. The molecule has 0 saturated carbocycles. The molecule has 1 atom stereocenters. The Bertz CT molecular complexity index is 1040. The molecule has 0 unspecified atom stereocenters. The largest absolute Gasteiger partial charge is 0.483 e. The van der Waals surface area contributed by atoms with Gasteiger partial charge in [-0.25, -0.2) is 5.43 Å². The zero-order chi connectivity index (χ0) is 23.6. The molecule has 2 aromatic carbocycles. The van der Waals surface area contributed by atoms with Gasteiger partial charge in [-0.3, -0.25) is 14.4 Å². The zero-order valence-corrected chi connectivity index (χ0v) is 19.0. The number of nitrogens with zero attached hydrogens (tertiary/aromatic N) is 1. The SMILES string of the molecule is O=C(COc1ccccc1/C=N\NC(=O)C(=O)NC[C@@H]1CCCO1)Nc1ccc(Cl)cc1Cl. The van der Waals surface area contributed by atoms with E-state index < -0.39 is 17.7 Å². The highest BCUT2D eigenvalue weighted by molar-refractivity contribution is 6.36. The first kappa shape index (κ1) is 24.5. The standard InChI is InChI=1S/C22H22Cl2N4O5/c23-15-7-8-18(17(24)10-15)27-20(29)13-33-19-6-2-1-4-14(19)11-26-28-22(31)21(30)25-12-16-5-3-9-32-16/h1-2,4,6-8,10-11,16H,3,5,9,12-13H2,(H,25,30)(H,27,29)(H,28,31)/b26-11-/t16-/m0/s1. The maximum absolute atomic E-state index is 12.2. The summed E-state index contributed by atoms with van der Waals surface area (Å²) >= 11 is 11.9. The fourth-order valence-electron chi connectivity index (χ4n) is 2.94. The lowest BCUT2D eigenvalue weighted by Gasteiger charge is -2.11. The van der Waals surface area contributed by atoms with E-state index in [1.54, 1.807) is 36.4 Å². The van der Waals surface area contributed by atoms with Crippen molar-refractivity contribution < 1.29 is 23.9 Å². The normalized spacial score (nSPS) is 15.3. The van der Waals surface area contributed by atoms with Crippen LogP contribution in [0.4, 0.5) is 5.69 Å². The zero-order valence-electron chi connectivity index (χ0n) is 17.5. The molecule has 11 heteroatoms. The number of hydrogen-bond donors (Lipinski definition) is 3. The Morgan fingerprint density at radius 1 is 1.15 bits per heavy atom. The number of hydrazone groups is 1. The summed E-state index contributed by atoms with van der Waals surface area (Å²) in [7, 11) is 0. The molecule has 3 N–H and O–H groups in total. The fourth-order valence-corrected chi connectivity index (χ4v) is 3.40. The number of anilines is 1. The van der Waals surface area contributed by atoms with Gasteiger partial charge in [-0.15, -0.1) is 0 Å². The van der Waals surface area contributed by atoms with E-state index in [1.165, 1.54) is 12.3 Å². The molecule has 33 heavy (non-hydrogen) atoms. The number of rotatable bonds is 8. The number of nitrogens with one attached hydrogen (secondary N) is 3. The number of benzene rings is 2. The molecule has 2 aromatic rings. The van der Waals surface area contributed by atoms with Crippen LogP contribution in [0.1, 0.15) is 18.4 Å². The monoisotopic (exact) mass is 492 g/mol. The lowest BCUT2D eigenvalue weighted by Crippen LogP contribution is -2.41. The first-order chi connectivity index (χ1) is 15.9. The van der Waals surface area contributed by atoms with E-state index in [1.807, 2.05) is 0 Å². The summed E-state index contributed by atoms with van der Waals surface area (Å²) < 4.78 is 10.9. The maximum Gasteiger partial charge on any atom is 0.329 e. The predicted molar refractivity (Wildman–Crippen MR) is 125 cm³/mol. The molecule has 3 rings (SSSR count). The minimum Gasteiger partial charge on any atom is -0.483 e. The van der Waals surface area contributed by atoms with Crippen LogP contribution in [0.2, 0.25) is 10.0 Å². The molecule has 0 aliphatic carbocycles. The highest BCUT2D eigenvalue weighted by Crippen LogP contribution is 2.25. The maximum atomic E-state index is 12.2. The predicted octanol–water partition coefficient (Wildman–Crippen LogP) is 2.76. The van der Waals surface area contributed by atoms with Gasteiger partial charge in [0, 0.05) is 23.7 Å². The van der Waals surface area contributed by atoms with Crippen molar-refractivity contribution in [1.29, 1.82) is 0 Å². The smallest absolute Gasteiger partial charge is 0.329 e. The Balaban J connectivity index is 1.48. The summed E-state index contributed by atoms with van der Waals surface area (Å²) in [4.78, 5) is 35.9. The van der Waals surface area contributed by atoms with Crippen molar-refractivity contribution in [2.75, 3.05) is 25.1 Å². The minimum absolute atomic E-state index is 0.0674. The van der Waals surface area contributed by atoms with E-state index in [0.29, 0.717) is 33.7 Å². The fraction of sp³-hybridized carbons (Fsp3) is 0.273. The van der Waals surface area contributed by atoms with Gasteiger partial charge in [-0.2, -0.15) is 5.10 Å². The minimum atomic E-state index is -0.901. The number of para-hydroxylation sites is 1. The van der Waals surface area contributed by atoms with Gasteiger partial charge in [0.25, 0.3) is 5.91 Å². The Morgan fingerprint density at radius 3 is 2.73 bits per heavy atom. The lowest BCUT2D eigenvalue weighted by atomic mass is 10.2. The number of amides is 3. The Kier molecular flexibility index (Phi) is 9.05. The van der Waals surface area contributed by atoms with E-state index >= 15 is 0 Å². The molecule has 0 aromatic heterocycles. The van der Waals surface area contributed by atoms with Gasteiger partial charge in [-0.05, 0) is 43.2 Å². The van der Waals surface area contributed by atoms with E-state index in [0.717, 1.165) is 12.8 Å². The van der Waals surface area contributed by atoms with E-state index in [-0.39, 0.29) is 19.3 Å². The lowest BCUT2D eigenvalue weighted by molar-refractivity contribution is -0.139. The van der Waals surface area contributed by atoms with Crippen molar-refractivity contribution in [1.82, 2.24) is 10.7 Å². The molecular formula is C22H22Cl2N4O5. The topological polar surface area (TPSA) is 118 Å². The third-order valence-corrected chi connectivity index (χ3v) is 5.12. The summed E-state index contributed by atoms with van der Waals surface area (Å²) in [5.41, 5.74) is 3.06. The molecule has 174 valence electrons. The summed E-state index contributed by atoms with van der Waals surface area (Å²) in [6, 6.07) is 11.5. The highest BCUT2D eigenvalue weighted by Gasteiger charge is 2.19. The summed E-state index contributed by atoms with van der Waals surface area (Å²) in [6.07, 6.45) is 3.03. The first-order valence-corrected chi connectivity index (χ1v) is 10.9. The molecule has 0 radical (unpaired) electrons. The average Bonchev–Trinajstić information content (AvgIpc) is 3.32. The highest BCUT2D eigenvalue weighted by atomic mass is 35.5. The van der Waals surface area contributed by atoms with Gasteiger partial charge in [-0.1, -0.05) is 35.3 Å². The molecule has 1 aliphatic rings. The van der Waals surface area contributed by atoms with Crippen LogP contribution < -0.4 is 20.8 Å². The van der Waals surface area contributed by atoms with Gasteiger partial charge in [0.1, 0.15) is 5.75 Å². The van der Waals surface area contributed by atoms with E-state index in [9.17, 15) is 14.4 Å². The second-order valence-electron chi connectivity index (χ2n) is 7.04. The summed E-state index contributed by atoms with van der Waals surface area (Å²) in [5, 5.41) is 9.69. The van der Waals surface area contributed by atoms with Crippen molar-refractivity contribution in [2.24, 2.45) is 5.10 Å². The second-order valence-corrected chi connectivity index (χ2v) is 7.89. The van der Waals surface area contributed by atoms with E-state index in [4.69, 9.17) is 32.7 Å². The van der Waals surface area contributed by atoms with Crippen LogP contribution in [0.5, 0.6) is 5.75 Å². The Labute approximate surface area is 200 Å². The van der Waals surface area contributed by atoms with Crippen molar-refractivity contribution >= 4 is 52.8 Å². The van der Waals surface area contributed by atoms with E-state index in [2.05, 4.69) is 21.2 Å². The van der Waals surface area contributed by atoms with Crippen LogP contribution in [0.3, 0.4) is 0 Å². The quantitative estimate of drug-likeness (QED) is 0.297. The number of hydrogen-bond acceptors (Lipinski definition) is 6. The van der Waals surface area contributed by atoms with Gasteiger partial charge in [0.05, 0.1) is 23.0 Å². The van der Waals surface area contributed by atoms with Crippen LogP contribution in [0.25, 0.3) is 0 Å². The van der Waals surface area contributed by atoms with Gasteiger partial charge in [0.15, 0.2) is 6.61 Å². The number of halogens is 2. The molecule has 3 amide bonds. The molecular weight excluding hydrogens is 471 g/mol.